The number of aromatic nitrogens is 2. The Morgan fingerprint density at radius 2 is 1.47 bits per heavy atom. The molecule has 226 valence electrons. The van der Waals surface area contributed by atoms with Gasteiger partial charge in [-0.05, 0) is 68.3 Å². The van der Waals surface area contributed by atoms with Gasteiger partial charge in [-0.1, -0.05) is 35.7 Å². The molecule has 1 aliphatic rings. The third-order valence-electron chi connectivity index (χ3n) is 7.13. The van der Waals surface area contributed by atoms with E-state index in [-0.39, 0.29) is 22.6 Å². The minimum absolute atomic E-state index is 0.117. The number of amides is 3. The second-order valence-electron chi connectivity index (χ2n) is 10.3. The lowest BCUT2D eigenvalue weighted by Crippen LogP contribution is -2.49. The number of rotatable bonds is 6. The lowest BCUT2D eigenvalue weighted by molar-refractivity contribution is 0.0746. The van der Waals surface area contributed by atoms with Crippen LogP contribution in [-0.4, -0.2) is 64.6 Å². The summed E-state index contributed by atoms with van der Waals surface area (Å²) in [4.78, 5) is 62.2. The number of pyridine rings is 2. The van der Waals surface area contributed by atoms with Gasteiger partial charge in [-0.15, -0.1) is 0 Å². The van der Waals surface area contributed by atoms with Crippen molar-refractivity contribution in [3.05, 3.63) is 112 Å². The maximum absolute atomic E-state index is 13.4. The number of ketones is 2. The molecular weight excluding hydrogens is 592 g/mol. The Hall–Kier alpha value is -5.53. The highest BCUT2D eigenvalue weighted by atomic mass is 35.5. The van der Waals surface area contributed by atoms with Gasteiger partial charge in [-0.3, -0.25) is 14.4 Å². The van der Waals surface area contributed by atoms with Gasteiger partial charge in [0.15, 0.2) is 11.6 Å². The summed E-state index contributed by atoms with van der Waals surface area (Å²) in [5.74, 6) is 5.59. The highest BCUT2D eigenvalue weighted by Gasteiger charge is 2.26. The van der Waals surface area contributed by atoms with Gasteiger partial charge in [-0.25, -0.2) is 14.8 Å². The minimum Gasteiger partial charge on any atom is -0.367 e. The Bertz CT molecular complexity index is 1860. The van der Waals surface area contributed by atoms with E-state index in [4.69, 9.17) is 11.6 Å². The van der Waals surface area contributed by atoms with Crippen molar-refractivity contribution in [2.45, 2.75) is 13.8 Å². The summed E-state index contributed by atoms with van der Waals surface area (Å²) >= 11 is 5.87. The van der Waals surface area contributed by atoms with Crippen LogP contribution in [-0.2, 0) is 0 Å². The molecule has 1 aliphatic heterocycles. The molecule has 45 heavy (non-hydrogen) atoms. The van der Waals surface area contributed by atoms with Crippen LogP contribution in [0.1, 0.15) is 56.2 Å². The molecule has 3 heterocycles. The van der Waals surface area contributed by atoms with Crippen molar-refractivity contribution in [3.63, 3.8) is 0 Å². The Kier molecular flexibility index (Phi) is 9.51. The number of carbonyl (C=O) groups is 4. The number of hydrogen-bond donors (Lipinski definition) is 2. The van der Waals surface area contributed by atoms with Crippen molar-refractivity contribution < 1.29 is 19.2 Å². The van der Waals surface area contributed by atoms with Crippen LogP contribution in [0.25, 0.3) is 0 Å². The summed E-state index contributed by atoms with van der Waals surface area (Å²) < 4.78 is 0. The second kappa shape index (κ2) is 13.8. The monoisotopic (exact) mass is 620 g/mol. The smallest absolute Gasteiger partial charge is 0.323 e. The van der Waals surface area contributed by atoms with Crippen molar-refractivity contribution in [3.8, 4) is 11.8 Å². The average molecular weight is 621 g/mol. The molecule has 11 heteroatoms. The van der Waals surface area contributed by atoms with Gasteiger partial charge in [-0.2, -0.15) is 0 Å². The molecule has 0 aliphatic carbocycles. The van der Waals surface area contributed by atoms with E-state index < -0.39 is 6.03 Å². The van der Waals surface area contributed by atoms with E-state index in [2.05, 4.69) is 32.4 Å². The zero-order valence-corrected chi connectivity index (χ0v) is 25.4. The number of Topliss-reactive ketones (excluding diaryl/α,β-unsaturated/α-hetero) is 2. The molecule has 2 aromatic heterocycles. The molecule has 1 fully saturated rings. The molecule has 10 nitrogen and oxygen atoms in total. The second-order valence-corrected chi connectivity index (χ2v) is 10.7. The predicted molar refractivity (Wildman–Crippen MR) is 173 cm³/mol. The van der Waals surface area contributed by atoms with Crippen LogP contribution in [0.15, 0.2) is 79.1 Å². The number of hydrogen-bond acceptors (Lipinski definition) is 7. The summed E-state index contributed by atoms with van der Waals surface area (Å²) in [5, 5.41) is 5.68. The Balaban J connectivity index is 1.22. The van der Waals surface area contributed by atoms with E-state index in [1.807, 2.05) is 17.0 Å². The number of nitrogens with one attached hydrogen (secondary N) is 2. The number of benzene rings is 2. The van der Waals surface area contributed by atoms with Gasteiger partial charge in [0, 0.05) is 72.3 Å². The summed E-state index contributed by atoms with van der Waals surface area (Å²) in [6.45, 7) is 4.89. The van der Waals surface area contributed by atoms with Gasteiger partial charge in [0.1, 0.15) is 10.8 Å². The fourth-order valence-electron chi connectivity index (χ4n) is 5.02. The highest BCUT2D eigenvalue weighted by Crippen LogP contribution is 2.27. The molecule has 4 aromatic rings. The SMILES string of the molecule is CC(=O)c1cccc(N2CCN(C(=O)c3cccc(C#Cc4cc(NC(=O)Nc5ccnc(Cl)c5)ccn4)c3)CC2)c1C(C)=O. The summed E-state index contributed by atoms with van der Waals surface area (Å²) in [6, 6.07) is 18.3. The maximum Gasteiger partial charge on any atom is 0.323 e. The first-order valence-electron chi connectivity index (χ1n) is 14.1. The van der Waals surface area contributed by atoms with Gasteiger partial charge in [0.2, 0.25) is 0 Å². The van der Waals surface area contributed by atoms with Crippen molar-refractivity contribution in [2.24, 2.45) is 0 Å². The van der Waals surface area contributed by atoms with Crippen molar-refractivity contribution in [1.82, 2.24) is 14.9 Å². The molecule has 0 saturated carbocycles. The zero-order valence-electron chi connectivity index (χ0n) is 24.6. The largest absolute Gasteiger partial charge is 0.367 e. The van der Waals surface area contributed by atoms with E-state index in [0.717, 1.165) is 0 Å². The molecule has 0 spiro atoms. The first-order chi connectivity index (χ1) is 21.7. The first kappa shape index (κ1) is 30.9. The molecule has 3 amide bonds. The number of urea groups is 1. The maximum atomic E-state index is 13.4. The highest BCUT2D eigenvalue weighted by molar-refractivity contribution is 6.29. The van der Waals surface area contributed by atoms with Crippen LogP contribution in [0.2, 0.25) is 5.15 Å². The van der Waals surface area contributed by atoms with E-state index in [1.54, 1.807) is 53.4 Å². The van der Waals surface area contributed by atoms with Crippen LogP contribution in [0.3, 0.4) is 0 Å². The summed E-state index contributed by atoms with van der Waals surface area (Å²) in [6.07, 6.45) is 3.03. The molecule has 0 bridgehead atoms. The quantitative estimate of drug-likeness (QED) is 0.165. The standard InChI is InChI=1S/C34H29ClN6O4/c1-22(42)29-7-4-8-30(32(29)23(2)43)40-15-17-41(18-16-40)33(44)25-6-3-5-24(19-25)9-10-26-20-27(11-13-36-26)38-34(45)39-28-12-14-37-31(35)21-28/h3-8,11-14,19-21H,15-18H2,1-2H3,(H2,36,37,38,39,45). The van der Waals surface area contributed by atoms with E-state index in [9.17, 15) is 19.2 Å². The van der Waals surface area contributed by atoms with Crippen LogP contribution in [0, 0.1) is 11.8 Å². The van der Waals surface area contributed by atoms with Gasteiger partial charge < -0.3 is 20.4 Å². The van der Waals surface area contributed by atoms with Crippen LogP contribution in [0.4, 0.5) is 21.9 Å². The third kappa shape index (κ3) is 7.71. The number of nitrogens with zero attached hydrogens (tertiary/aromatic N) is 4. The van der Waals surface area contributed by atoms with E-state index >= 15 is 0 Å². The van der Waals surface area contributed by atoms with Gasteiger partial charge in [0.05, 0.1) is 5.56 Å². The summed E-state index contributed by atoms with van der Waals surface area (Å²) in [5.41, 5.74) is 4.13. The molecule has 0 unspecified atom stereocenters. The van der Waals surface area contributed by atoms with Gasteiger partial charge >= 0.3 is 6.03 Å². The number of piperazine rings is 1. The van der Waals surface area contributed by atoms with Crippen LogP contribution < -0.4 is 15.5 Å². The third-order valence-corrected chi connectivity index (χ3v) is 7.33. The lowest BCUT2D eigenvalue weighted by atomic mass is 9.98. The van der Waals surface area contributed by atoms with E-state index in [0.29, 0.717) is 71.2 Å². The van der Waals surface area contributed by atoms with E-state index in [1.165, 1.54) is 32.3 Å². The molecule has 1 saturated heterocycles. The lowest BCUT2D eigenvalue weighted by Gasteiger charge is -2.37. The fraction of sp³-hybridized carbons (Fsp3) is 0.176. The molecular formula is C34H29ClN6O4. The van der Waals surface area contributed by atoms with Crippen molar-refractivity contribution in [2.75, 3.05) is 41.7 Å². The normalized spacial score (nSPS) is 12.5. The molecule has 2 aromatic carbocycles. The molecule has 5 rings (SSSR count). The molecule has 0 radical (unpaired) electrons. The number of carbonyl (C=O) groups excluding carboxylic acids is 4. The first-order valence-corrected chi connectivity index (χ1v) is 14.5. The molecule has 0 atom stereocenters. The molecule has 2 N–H and O–H groups in total. The Morgan fingerprint density at radius 1 is 0.778 bits per heavy atom. The number of halogens is 1. The fourth-order valence-corrected chi connectivity index (χ4v) is 5.19. The predicted octanol–water partition coefficient (Wildman–Crippen LogP) is 5.54. The summed E-state index contributed by atoms with van der Waals surface area (Å²) in [7, 11) is 0. The minimum atomic E-state index is -0.460. The average Bonchev–Trinajstić information content (AvgIpc) is 3.03. The zero-order chi connectivity index (χ0) is 31.9. The number of anilines is 3. The Morgan fingerprint density at radius 3 is 2.16 bits per heavy atom. The van der Waals surface area contributed by atoms with Crippen molar-refractivity contribution >= 4 is 52.2 Å². The van der Waals surface area contributed by atoms with Gasteiger partial charge in [0.25, 0.3) is 5.91 Å². The topological polar surface area (TPSA) is 125 Å². The van der Waals surface area contributed by atoms with Crippen LogP contribution in [0.5, 0.6) is 0 Å². The van der Waals surface area contributed by atoms with Crippen LogP contribution >= 0.6 is 11.6 Å². The Labute approximate surface area is 265 Å². The van der Waals surface area contributed by atoms with Crippen molar-refractivity contribution in [1.29, 1.82) is 0 Å².